The van der Waals surface area contributed by atoms with Gasteiger partial charge in [-0.3, -0.25) is 14.2 Å². The van der Waals surface area contributed by atoms with Crippen LogP contribution in [-0.2, 0) is 11.3 Å². The Bertz CT molecular complexity index is 1260. The first kappa shape index (κ1) is 21.6. The molecule has 0 amide bonds. The second kappa shape index (κ2) is 8.11. The lowest BCUT2D eigenvalue weighted by molar-refractivity contribution is -0.126. The highest BCUT2D eigenvalue weighted by Gasteiger charge is 2.28. The van der Waals surface area contributed by atoms with Crippen LogP contribution in [0.5, 0.6) is 0 Å². The Morgan fingerprint density at radius 2 is 1.81 bits per heavy atom. The molecule has 0 unspecified atom stereocenters. The van der Waals surface area contributed by atoms with E-state index in [1.807, 2.05) is 20.8 Å². The van der Waals surface area contributed by atoms with E-state index in [4.69, 9.17) is 11.6 Å². The summed E-state index contributed by atoms with van der Waals surface area (Å²) in [6.45, 7) is 5.54. The van der Waals surface area contributed by atoms with Crippen molar-refractivity contribution in [3.05, 3.63) is 56.5 Å². The molecule has 1 aliphatic rings. The van der Waals surface area contributed by atoms with Gasteiger partial charge in [0.25, 0.3) is 5.56 Å². The van der Waals surface area contributed by atoms with E-state index < -0.39 is 16.7 Å². The number of carbonyl (C=O) groups is 1. The molecule has 0 bridgehead atoms. The van der Waals surface area contributed by atoms with Crippen LogP contribution in [0.1, 0.15) is 58.9 Å². The molecule has 0 radical (unpaired) electrons. The number of Topliss-reactive ketones (excluding diaryl/α,β-unsaturated/α-hetero) is 1. The summed E-state index contributed by atoms with van der Waals surface area (Å²) >= 11 is 6.42. The highest BCUT2D eigenvalue weighted by atomic mass is 35.5. The lowest BCUT2D eigenvalue weighted by Crippen LogP contribution is -2.43. The molecule has 2 aromatic heterocycles. The fraction of sp³-hybridized carbons (Fsp3) is 0.478. The molecule has 7 nitrogen and oxygen atoms in total. The molecule has 2 heterocycles. The lowest BCUT2D eigenvalue weighted by Gasteiger charge is -2.24. The number of hydrogen-bond donors (Lipinski definition) is 0. The minimum absolute atomic E-state index is 0.0145. The number of carbonyl (C=O) groups excluding carboxylic acids is 1. The Labute approximate surface area is 185 Å². The van der Waals surface area contributed by atoms with Gasteiger partial charge < -0.3 is 4.57 Å². The van der Waals surface area contributed by atoms with E-state index in [-0.39, 0.29) is 29.5 Å². The molecule has 0 N–H and O–H groups in total. The number of ketones is 1. The molecule has 31 heavy (non-hydrogen) atoms. The average molecular weight is 443 g/mol. The van der Waals surface area contributed by atoms with Gasteiger partial charge in [-0.15, -0.1) is 0 Å². The standard InChI is InChI=1S/C23H27ClN4O3/c1-23(2,3)18(29)13-26-14-25-20-19(26)21(30)27(15-9-5-4-6-10-15)22(31)28(20)17-12-8-7-11-16(17)24/h7-8,11-12,14-15H,4-6,9-10,13H2,1-3H3. The van der Waals surface area contributed by atoms with Crippen LogP contribution < -0.4 is 11.2 Å². The molecule has 164 valence electrons. The van der Waals surface area contributed by atoms with Crippen molar-refractivity contribution in [3.63, 3.8) is 0 Å². The molecule has 0 saturated heterocycles. The van der Waals surface area contributed by atoms with Gasteiger partial charge in [-0.2, -0.15) is 0 Å². The molecular formula is C23H27ClN4O3. The summed E-state index contributed by atoms with van der Waals surface area (Å²) in [5, 5.41) is 0.389. The molecule has 1 fully saturated rings. The number of para-hydroxylation sites is 1. The largest absolute Gasteiger partial charge is 0.337 e. The van der Waals surface area contributed by atoms with Crippen molar-refractivity contribution < 1.29 is 4.79 Å². The van der Waals surface area contributed by atoms with Gasteiger partial charge in [0.2, 0.25) is 0 Å². The second-order valence-corrected chi connectivity index (χ2v) is 9.66. The van der Waals surface area contributed by atoms with E-state index in [1.165, 1.54) is 15.5 Å². The fourth-order valence-corrected chi connectivity index (χ4v) is 4.40. The first-order valence-corrected chi connectivity index (χ1v) is 11.1. The summed E-state index contributed by atoms with van der Waals surface area (Å²) in [5.74, 6) is -0.0223. The van der Waals surface area contributed by atoms with Crippen LogP contribution >= 0.6 is 11.6 Å². The number of rotatable bonds is 4. The van der Waals surface area contributed by atoms with Crippen molar-refractivity contribution in [1.82, 2.24) is 18.7 Å². The molecule has 1 saturated carbocycles. The van der Waals surface area contributed by atoms with Crippen LogP contribution in [0.25, 0.3) is 16.9 Å². The summed E-state index contributed by atoms with van der Waals surface area (Å²) in [6, 6.07) is 6.83. The number of halogens is 1. The predicted octanol–water partition coefficient (Wildman–Crippen LogP) is 4.12. The molecule has 1 aromatic carbocycles. The number of hydrogen-bond acceptors (Lipinski definition) is 4. The Balaban J connectivity index is 2.02. The maximum Gasteiger partial charge on any atom is 0.337 e. The monoisotopic (exact) mass is 442 g/mol. The minimum Gasteiger partial charge on any atom is -0.317 e. The third kappa shape index (κ3) is 3.87. The van der Waals surface area contributed by atoms with Crippen molar-refractivity contribution >= 4 is 28.5 Å². The van der Waals surface area contributed by atoms with Crippen molar-refractivity contribution in [2.45, 2.75) is 65.5 Å². The molecule has 8 heteroatoms. The molecular weight excluding hydrogens is 416 g/mol. The summed E-state index contributed by atoms with van der Waals surface area (Å²) in [5.41, 5.74) is -0.453. The second-order valence-electron chi connectivity index (χ2n) is 9.25. The van der Waals surface area contributed by atoms with Gasteiger partial charge in [0.15, 0.2) is 16.9 Å². The average Bonchev–Trinajstić information content (AvgIpc) is 3.13. The van der Waals surface area contributed by atoms with Crippen molar-refractivity contribution in [3.8, 4) is 5.69 Å². The van der Waals surface area contributed by atoms with Gasteiger partial charge in [0.1, 0.15) is 0 Å². The van der Waals surface area contributed by atoms with E-state index in [0.29, 0.717) is 10.7 Å². The SMILES string of the molecule is CC(C)(C)C(=O)Cn1cnc2c1c(=O)n(C1CCCCC1)c(=O)n2-c1ccccc1Cl. The first-order valence-electron chi connectivity index (χ1n) is 10.7. The minimum atomic E-state index is -0.559. The fourth-order valence-electron chi connectivity index (χ4n) is 4.18. The Kier molecular flexibility index (Phi) is 5.64. The van der Waals surface area contributed by atoms with Crippen molar-refractivity contribution in [2.24, 2.45) is 5.41 Å². The summed E-state index contributed by atoms with van der Waals surface area (Å²) in [4.78, 5) is 44.3. The summed E-state index contributed by atoms with van der Waals surface area (Å²) < 4.78 is 4.33. The molecule has 1 aliphatic carbocycles. The van der Waals surface area contributed by atoms with Gasteiger partial charge >= 0.3 is 5.69 Å². The van der Waals surface area contributed by atoms with Gasteiger partial charge in [-0.05, 0) is 25.0 Å². The Hall–Kier alpha value is -2.67. The van der Waals surface area contributed by atoms with Gasteiger partial charge in [0.05, 0.1) is 23.6 Å². The van der Waals surface area contributed by atoms with Crippen LogP contribution in [0, 0.1) is 5.41 Å². The maximum absolute atomic E-state index is 13.6. The van der Waals surface area contributed by atoms with E-state index in [9.17, 15) is 14.4 Å². The summed E-state index contributed by atoms with van der Waals surface area (Å²) in [6.07, 6.45) is 6.07. The number of nitrogens with zero attached hydrogens (tertiary/aromatic N) is 4. The van der Waals surface area contributed by atoms with E-state index in [1.54, 1.807) is 28.8 Å². The smallest absolute Gasteiger partial charge is 0.317 e. The van der Waals surface area contributed by atoms with Crippen LogP contribution in [0.15, 0.2) is 40.2 Å². The Morgan fingerprint density at radius 1 is 1.13 bits per heavy atom. The molecule has 0 spiro atoms. The molecule has 4 rings (SSSR count). The van der Waals surface area contributed by atoms with Crippen molar-refractivity contribution in [2.75, 3.05) is 0 Å². The van der Waals surface area contributed by atoms with Crippen LogP contribution in [-0.4, -0.2) is 24.5 Å². The third-order valence-electron chi connectivity index (χ3n) is 6.03. The number of fused-ring (bicyclic) bond motifs is 1. The first-order chi connectivity index (χ1) is 14.7. The van der Waals surface area contributed by atoms with Gasteiger partial charge in [0, 0.05) is 11.5 Å². The zero-order chi connectivity index (χ0) is 22.3. The number of aromatic nitrogens is 4. The van der Waals surface area contributed by atoms with Gasteiger partial charge in [-0.25, -0.2) is 14.3 Å². The van der Waals surface area contributed by atoms with E-state index >= 15 is 0 Å². The molecule has 0 aliphatic heterocycles. The Morgan fingerprint density at radius 3 is 2.45 bits per heavy atom. The third-order valence-corrected chi connectivity index (χ3v) is 6.35. The predicted molar refractivity (Wildman–Crippen MR) is 121 cm³/mol. The highest BCUT2D eigenvalue weighted by molar-refractivity contribution is 6.32. The highest BCUT2D eigenvalue weighted by Crippen LogP contribution is 2.28. The van der Waals surface area contributed by atoms with Crippen LogP contribution in [0.2, 0.25) is 5.02 Å². The number of imidazole rings is 1. The van der Waals surface area contributed by atoms with E-state index in [2.05, 4.69) is 4.98 Å². The zero-order valence-electron chi connectivity index (χ0n) is 18.1. The maximum atomic E-state index is 13.6. The zero-order valence-corrected chi connectivity index (χ0v) is 18.9. The van der Waals surface area contributed by atoms with Crippen LogP contribution in [0.4, 0.5) is 0 Å². The quantitative estimate of drug-likeness (QED) is 0.608. The normalized spacial score (nSPS) is 15.5. The van der Waals surface area contributed by atoms with E-state index in [0.717, 1.165) is 32.1 Å². The van der Waals surface area contributed by atoms with Crippen molar-refractivity contribution in [1.29, 1.82) is 0 Å². The number of benzene rings is 1. The lowest BCUT2D eigenvalue weighted by atomic mass is 9.91. The molecule has 0 atom stereocenters. The summed E-state index contributed by atoms with van der Waals surface area (Å²) in [7, 11) is 0. The van der Waals surface area contributed by atoms with Crippen LogP contribution in [0.3, 0.4) is 0 Å². The topological polar surface area (TPSA) is 78.9 Å². The van der Waals surface area contributed by atoms with Gasteiger partial charge in [-0.1, -0.05) is 63.8 Å². The molecule has 3 aromatic rings.